The maximum Gasteiger partial charge on any atom is 0.407 e. The van der Waals surface area contributed by atoms with Crippen molar-refractivity contribution in [3.8, 4) is 0 Å². The minimum Gasteiger partial charge on any atom is -0.444 e. The molecule has 0 bridgehead atoms. The van der Waals surface area contributed by atoms with Gasteiger partial charge in [-0.3, -0.25) is 5.10 Å². The highest BCUT2D eigenvalue weighted by atomic mass is 16.6. The van der Waals surface area contributed by atoms with Gasteiger partial charge < -0.3 is 20.1 Å². The van der Waals surface area contributed by atoms with Crippen LogP contribution in [0.15, 0.2) is 0 Å². The summed E-state index contributed by atoms with van der Waals surface area (Å²) < 4.78 is 10.5. The number of carbonyl (C=O) groups excluding carboxylic acids is 1. The molecule has 3 N–H and O–H groups in total. The van der Waals surface area contributed by atoms with E-state index >= 15 is 0 Å². The molecule has 1 aromatic rings. The van der Waals surface area contributed by atoms with Crippen molar-refractivity contribution in [1.82, 2.24) is 15.5 Å². The second-order valence-corrected chi connectivity index (χ2v) is 6.68. The Morgan fingerprint density at radius 1 is 1.35 bits per heavy atom. The smallest absolute Gasteiger partial charge is 0.407 e. The number of hydrogen-bond acceptors (Lipinski definition) is 5. The normalized spacial score (nSPS) is 12.8. The van der Waals surface area contributed by atoms with Gasteiger partial charge in [0.2, 0.25) is 0 Å². The summed E-state index contributed by atoms with van der Waals surface area (Å²) in [4.78, 5) is 11.6. The van der Waals surface area contributed by atoms with Crippen LogP contribution in [-0.4, -0.2) is 48.2 Å². The Kier molecular flexibility index (Phi) is 7.35. The fourth-order valence-electron chi connectivity index (χ4n) is 2.22. The molecule has 0 aromatic carbocycles. The van der Waals surface area contributed by atoms with Crippen molar-refractivity contribution in [3.63, 3.8) is 0 Å². The highest BCUT2D eigenvalue weighted by Crippen LogP contribution is 2.18. The zero-order valence-electron chi connectivity index (χ0n) is 15.1. The number of amides is 1. The average Bonchev–Trinajstić information content (AvgIpc) is 2.73. The third-order valence-corrected chi connectivity index (χ3v) is 3.24. The third kappa shape index (κ3) is 7.36. The summed E-state index contributed by atoms with van der Waals surface area (Å²) in [5, 5.41) is 13.4. The minimum absolute atomic E-state index is 0.162. The number of rotatable bonds is 8. The van der Waals surface area contributed by atoms with Crippen molar-refractivity contribution in [2.24, 2.45) is 0 Å². The predicted molar refractivity (Wildman–Crippen MR) is 90.8 cm³/mol. The molecule has 0 spiro atoms. The number of nitrogens with one attached hydrogen (secondary N) is 3. The van der Waals surface area contributed by atoms with Crippen LogP contribution < -0.4 is 10.6 Å². The molecular weight excluding hydrogens is 296 g/mol. The van der Waals surface area contributed by atoms with Gasteiger partial charge in [0.15, 0.2) is 0 Å². The summed E-state index contributed by atoms with van der Waals surface area (Å²) in [5.41, 5.74) is 2.50. The molecule has 1 heterocycles. The van der Waals surface area contributed by atoms with E-state index in [1.54, 1.807) is 7.11 Å². The maximum atomic E-state index is 11.6. The lowest BCUT2D eigenvalue weighted by molar-refractivity contribution is 0.0526. The Labute approximate surface area is 138 Å². The van der Waals surface area contributed by atoms with Gasteiger partial charge in [0.1, 0.15) is 5.60 Å². The van der Waals surface area contributed by atoms with E-state index in [9.17, 15) is 4.79 Å². The molecule has 1 unspecified atom stereocenters. The standard InChI is InChI=1S/C16H30N4O3/c1-11-14(12(2)20-19-11)18-13(10-22-6)8-7-9-17-15(21)23-16(3,4)5/h13,18H,7-10H2,1-6H3,(H,17,21)(H,19,20). The number of ether oxygens (including phenoxy) is 2. The Bertz CT molecular complexity index is 475. The second-order valence-electron chi connectivity index (χ2n) is 6.68. The molecular formula is C16H30N4O3. The van der Waals surface area contributed by atoms with E-state index in [-0.39, 0.29) is 12.1 Å². The van der Waals surface area contributed by atoms with Crippen LogP contribution in [0.5, 0.6) is 0 Å². The van der Waals surface area contributed by atoms with Crippen LogP contribution in [0.3, 0.4) is 0 Å². The predicted octanol–water partition coefficient (Wildman–Crippen LogP) is 2.76. The molecule has 0 radical (unpaired) electrons. The number of alkyl carbamates (subject to hydrolysis) is 1. The topological polar surface area (TPSA) is 88.3 Å². The van der Waals surface area contributed by atoms with Crippen molar-refractivity contribution in [2.45, 2.75) is 59.1 Å². The fraction of sp³-hybridized carbons (Fsp3) is 0.750. The Morgan fingerprint density at radius 2 is 2.04 bits per heavy atom. The maximum absolute atomic E-state index is 11.6. The van der Waals surface area contributed by atoms with Gasteiger partial charge >= 0.3 is 6.09 Å². The molecule has 0 fully saturated rings. The number of aromatic amines is 1. The molecule has 0 saturated carbocycles. The number of anilines is 1. The lowest BCUT2D eigenvalue weighted by Crippen LogP contribution is -2.34. The largest absolute Gasteiger partial charge is 0.444 e. The quantitative estimate of drug-likeness (QED) is 0.639. The van der Waals surface area contributed by atoms with Crippen LogP contribution in [-0.2, 0) is 9.47 Å². The first-order valence-corrected chi connectivity index (χ1v) is 7.97. The SMILES string of the molecule is COCC(CCCNC(=O)OC(C)(C)C)Nc1c(C)n[nH]c1C. The van der Waals surface area contributed by atoms with Gasteiger partial charge in [-0.1, -0.05) is 0 Å². The van der Waals surface area contributed by atoms with E-state index in [4.69, 9.17) is 9.47 Å². The third-order valence-electron chi connectivity index (χ3n) is 3.24. The zero-order valence-corrected chi connectivity index (χ0v) is 15.1. The number of aromatic nitrogens is 2. The Balaban J connectivity index is 2.38. The van der Waals surface area contributed by atoms with Crippen molar-refractivity contribution in [2.75, 3.05) is 25.6 Å². The monoisotopic (exact) mass is 326 g/mol. The molecule has 7 heteroatoms. The summed E-state index contributed by atoms with van der Waals surface area (Å²) in [6, 6.07) is 0.162. The lowest BCUT2D eigenvalue weighted by atomic mass is 10.1. The molecule has 132 valence electrons. The summed E-state index contributed by atoms with van der Waals surface area (Å²) in [5.74, 6) is 0. The number of methoxy groups -OCH3 is 1. The minimum atomic E-state index is -0.472. The first kappa shape index (κ1) is 19.3. The molecule has 1 rings (SSSR count). The first-order chi connectivity index (χ1) is 10.7. The van der Waals surface area contributed by atoms with Gasteiger partial charge in [-0.2, -0.15) is 5.10 Å². The highest BCUT2D eigenvalue weighted by molar-refractivity contribution is 5.67. The average molecular weight is 326 g/mol. The highest BCUT2D eigenvalue weighted by Gasteiger charge is 2.16. The lowest BCUT2D eigenvalue weighted by Gasteiger charge is -2.21. The van der Waals surface area contributed by atoms with Crippen molar-refractivity contribution < 1.29 is 14.3 Å². The van der Waals surface area contributed by atoms with E-state index in [2.05, 4.69) is 20.8 Å². The molecule has 0 aliphatic rings. The number of carbonyl (C=O) groups is 1. The first-order valence-electron chi connectivity index (χ1n) is 7.97. The summed E-state index contributed by atoms with van der Waals surface area (Å²) >= 11 is 0. The van der Waals surface area contributed by atoms with Crippen LogP contribution in [0.1, 0.15) is 45.0 Å². The molecule has 1 atom stereocenters. The number of hydrogen-bond donors (Lipinski definition) is 3. The molecule has 1 amide bonds. The molecule has 0 saturated heterocycles. The van der Waals surface area contributed by atoms with Crippen LogP contribution in [0.4, 0.5) is 10.5 Å². The van der Waals surface area contributed by atoms with E-state index in [0.29, 0.717) is 13.2 Å². The van der Waals surface area contributed by atoms with E-state index in [1.165, 1.54) is 0 Å². The van der Waals surface area contributed by atoms with E-state index in [0.717, 1.165) is 29.9 Å². The van der Waals surface area contributed by atoms with Gasteiger partial charge in [0, 0.05) is 19.7 Å². The molecule has 7 nitrogen and oxygen atoms in total. The molecule has 0 aliphatic carbocycles. The van der Waals surface area contributed by atoms with Gasteiger partial charge in [-0.25, -0.2) is 4.79 Å². The van der Waals surface area contributed by atoms with Gasteiger partial charge in [0.25, 0.3) is 0 Å². The Morgan fingerprint density at radius 3 is 2.57 bits per heavy atom. The zero-order chi connectivity index (χ0) is 17.5. The van der Waals surface area contributed by atoms with Crippen molar-refractivity contribution >= 4 is 11.8 Å². The Hall–Kier alpha value is -1.76. The van der Waals surface area contributed by atoms with Crippen molar-refractivity contribution in [3.05, 3.63) is 11.4 Å². The van der Waals surface area contributed by atoms with Crippen LogP contribution >= 0.6 is 0 Å². The number of aryl methyl sites for hydroxylation is 2. The fourth-order valence-corrected chi connectivity index (χ4v) is 2.22. The van der Waals surface area contributed by atoms with Crippen molar-refractivity contribution in [1.29, 1.82) is 0 Å². The number of H-pyrrole nitrogens is 1. The van der Waals surface area contributed by atoms with E-state index < -0.39 is 5.60 Å². The van der Waals surface area contributed by atoms with Crippen LogP contribution in [0, 0.1) is 13.8 Å². The van der Waals surface area contributed by atoms with Gasteiger partial charge in [-0.15, -0.1) is 0 Å². The molecule has 1 aromatic heterocycles. The van der Waals surface area contributed by atoms with Gasteiger partial charge in [0.05, 0.1) is 23.7 Å². The van der Waals surface area contributed by atoms with Crippen LogP contribution in [0.2, 0.25) is 0 Å². The second kappa shape index (κ2) is 8.76. The summed E-state index contributed by atoms with van der Waals surface area (Å²) in [7, 11) is 1.68. The van der Waals surface area contributed by atoms with Gasteiger partial charge in [-0.05, 0) is 47.5 Å². The van der Waals surface area contributed by atoms with Crippen LogP contribution in [0.25, 0.3) is 0 Å². The number of nitrogens with zero attached hydrogens (tertiary/aromatic N) is 1. The summed E-state index contributed by atoms with van der Waals surface area (Å²) in [6.07, 6.45) is 1.32. The molecule has 0 aliphatic heterocycles. The molecule has 23 heavy (non-hydrogen) atoms. The van der Waals surface area contributed by atoms with E-state index in [1.807, 2.05) is 34.6 Å². The summed E-state index contributed by atoms with van der Waals surface area (Å²) in [6.45, 7) is 10.6.